The molecule has 0 aromatic carbocycles. The van der Waals surface area contributed by atoms with Crippen LogP contribution in [0.25, 0.3) is 6.08 Å². The van der Waals surface area contributed by atoms with Crippen LogP contribution in [0.15, 0.2) is 47.2 Å². The molecule has 2 nitrogen and oxygen atoms in total. The number of rotatable bonds is 3. The van der Waals surface area contributed by atoms with Gasteiger partial charge in [-0.15, -0.1) is 34.0 Å². The van der Waals surface area contributed by atoms with Crippen molar-refractivity contribution in [1.82, 2.24) is 4.90 Å². The molecule has 1 aliphatic rings. The van der Waals surface area contributed by atoms with Gasteiger partial charge in [0, 0.05) is 32.1 Å². The molecule has 4 heterocycles. The highest BCUT2D eigenvalue weighted by atomic mass is 32.1. The third-order valence-electron chi connectivity index (χ3n) is 4.21. The molecule has 122 valence electrons. The number of nitrogens with zero attached hydrogens (tertiary/aromatic N) is 1. The number of fused-ring (bicyclic) bond motifs is 1. The summed E-state index contributed by atoms with van der Waals surface area (Å²) in [5, 5.41) is 4.23. The van der Waals surface area contributed by atoms with Gasteiger partial charge in [0.15, 0.2) is 0 Å². The molecule has 0 saturated heterocycles. The van der Waals surface area contributed by atoms with E-state index in [0.29, 0.717) is 0 Å². The van der Waals surface area contributed by atoms with Crippen molar-refractivity contribution in [3.8, 4) is 0 Å². The van der Waals surface area contributed by atoms with Crippen molar-refractivity contribution in [1.29, 1.82) is 0 Å². The largest absolute Gasteiger partial charge is 0.327 e. The predicted octanol–water partition coefficient (Wildman–Crippen LogP) is 5.37. The first kappa shape index (κ1) is 15.8. The molecule has 0 spiro atoms. The first-order valence-electron chi connectivity index (χ1n) is 7.87. The zero-order valence-electron chi connectivity index (χ0n) is 13.3. The lowest BCUT2D eigenvalue weighted by Gasteiger charge is -2.34. The Labute approximate surface area is 153 Å². The van der Waals surface area contributed by atoms with E-state index in [9.17, 15) is 4.79 Å². The van der Waals surface area contributed by atoms with Gasteiger partial charge in [0.1, 0.15) is 0 Å². The smallest absolute Gasteiger partial charge is 0.247 e. The molecule has 1 aliphatic heterocycles. The Morgan fingerprint density at radius 3 is 2.88 bits per heavy atom. The lowest BCUT2D eigenvalue weighted by molar-refractivity contribution is -0.127. The zero-order chi connectivity index (χ0) is 16.5. The minimum atomic E-state index is 0.0576. The van der Waals surface area contributed by atoms with Crippen LogP contribution in [0.3, 0.4) is 0 Å². The number of carbonyl (C=O) groups is 1. The summed E-state index contributed by atoms with van der Waals surface area (Å²) in [5.41, 5.74) is 1.29. The summed E-state index contributed by atoms with van der Waals surface area (Å²) in [5.74, 6) is 0.0938. The van der Waals surface area contributed by atoms with E-state index < -0.39 is 0 Å². The first-order chi connectivity index (χ1) is 11.7. The minimum absolute atomic E-state index is 0.0576. The lowest BCUT2D eigenvalue weighted by atomic mass is 9.98. The quantitative estimate of drug-likeness (QED) is 0.567. The first-order valence-corrected chi connectivity index (χ1v) is 10.4. The molecule has 5 heteroatoms. The third kappa shape index (κ3) is 2.99. The lowest BCUT2D eigenvalue weighted by Crippen LogP contribution is -2.38. The highest BCUT2D eigenvalue weighted by molar-refractivity contribution is 7.12. The fourth-order valence-electron chi connectivity index (χ4n) is 3.10. The van der Waals surface area contributed by atoms with Gasteiger partial charge >= 0.3 is 0 Å². The Balaban J connectivity index is 1.63. The molecule has 3 aromatic rings. The van der Waals surface area contributed by atoms with Gasteiger partial charge in [-0.25, -0.2) is 0 Å². The van der Waals surface area contributed by atoms with Crippen LogP contribution < -0.4 is 0 Å². The maximum absolute atomic E-state index is 12.9. The monoisotopic (exact) mass is 371 g/mol. The molecule has 0 N–H and O–H groups in total. The second-order valence-corrected chi connectivity index (χ2v) is 9.08. The standard InChI is InChI=1S/C19H17NOS3/c1-13-4-5-14(24-13)6-7-18(21)20-10-8-16-15(9-12-23-16)19(20)17-3-2-11-22-17/h2-7,9,11-12,19H,8,10H2,1H3/b7-6+/t19-/m1/s1. The normalized spacial score (nSPS) is 17.4. The van der Waals surface area contributed by atoms with E-state index in [-0.39, 0.29) is 11.9 Å². The van der Waals surface area contributed by atoms with Gasteiger partial charge in [-0.3, -0.25) is 4.79 Å². The van der Waals surface area contributed by atoms with Crippen molar-refractivity contribution in [2.45, 2.75) is 19.4 Å². The Bertz CT molecular complexity index is 872. The Hall–Kier alpha value is -1.69. The zero-order valence-corrected chi connectivity index (χ0v) is 15.7. The topological polar surface area (TPSA) is 20.3 Å². The Kier molecular flexibility index (Phi) is 4.39. The number of hydrogen-bond donors (Lipinski definition) is 0. The molecule has 0 saturated carbocycles. The Morgan fingerprint density at radius 2 is 2.12 bits per heavy atom. The fraction of sp³-hybridized carbons (Fsp3) is 0.211. The number of thiophene rings is 3. The number of aryl methyl sites for hydroxylation is 1. The number of hydrogen-bond acceptors (Lipinski definition) is 4. The van der Waals surface area contributed by atoms with Crippen molar-refractivity contribution in [3.63, 3.8) is 0 Å². The van der Waals surface area contributed by atoms with Gasteiger partial charge in [0.2, 0.25) is 5.91 Å². The second kappa shape index (κ2) is 6.67. The van der Waals surface area contributed by atoms with Crippen LogP contribution >= 0.6 is 34.0 Å². The van der Waals surface area contributed by atoms with Crippen molar-refractivity contribution in [2.75, 3.05) is 6.54 Å². The fourth-order valence-corrected chi connectivity index (χ4v) is 5.64. The van der Waals surface area contributed by atoms with Gasteiger partial charge in [-0.2, -0.15) is 0 Å². The van der Waals surface area contributed by atoms with Crippen molar-refractivity contribution in [2.24, 2.45) is 0 Å². The summed E-state index contributed by atoms with van der Waals surface area (Å²) in [6, 6.07) is 10.6. The van der Waals surface area contributed by atoms with Crippen LogP contribution in [0.2, 0.25) is 0 Å². The minimum Gasteiger partial charge on any atom is -0.327 e. The average Bonchev–Trinajstić information content (AvgIpc) is 3.32. The predicted molar refractivity (Wildman–Crippen MR) is 104 cm³/mol. The third-order valence-corrected chi connectivity index (χ3v) is 7.10. The van der Waals surface area contributed by atoms with Crippen LogP contribution in [0.4, 0.5) is 0 Å². The van der Waals surface area contributed by atoms with Gasteiger partial charge in [-0.05, 0) is 60.0 Å². The van der Waals surface area contributed by atoms with Crippen molar-refractivity contribution < 1.29 is 4.79 Å². The summed E-state index contributed by atoms with van der Waals surface area (Å²) in [7, 11) is 0. The number of amides is 1. The summed E-state index contributed by atoms with van der Waals surface area (Å²) < 4.78 is 0. The molecular formula is C19H17NOS3. The molecule has 0 fully saturated rings. The molecule has 0 aliphatic carbocycles. The van der Waals surface area contributed by atoms with E-state index in [2.05, 4.69) is 48.0 Å². The van der Waals surface area contributed by atoms with Crippen molar-refractivity contribution >= 4 is 46.0 Å². The molecule has 3 aromatic heterocycles. The van der Waals surface area contributed by atoms with Crippen LogP contribution in [-0.4, -0.2) is 17.4 Å². The molecule has 1 amide bonds. The molecule has 0 unspecified atom stereocenters. The van der Waals surface area contributed by atoms with Crippen LogP contribution in [0, 0.1) is 6.92 Å². The van der Waals surface area contributed by atoms with E-state index >= 15 is 0 Å². The maximum Gasteiger partial charge on any atom is 0.247 e. The highest BCUT2D eigenvalue weighted by Crippen LogP contribution is 2.39. The summed E-state index contributed by atoms with van der Waals surface area (Å²) >= 11 is 5.24. The summed E-state index contributed by atoms with van der Waals surface area (Å²) in [6.07, 6.45) is 4.62. The van der Waals surface area contributed by atoms with E-state index in [1.807, 2.05) is 11.0 Å². The van der Waals surface area contributed by atoms with E-state index in [1.54, 1.807) is 40.1 Å². The van der Waals surface area contributed by atoms with Gasteiger partial charge in [-0.1, -0.05) is 6.07 Å². The molecular weight excluding hydrogens is 354 g/mol. The molecule has 24 heavy (non-hydrogen) atoms. The van der Waals surface area contributed by atoms with E-state index in [4.69, 9.17) is 0 Å². The van der Waals surface area contributed by atoms with E-state index in [1.165, 1.54) is 20.2 Å². The average molecular weight is 372 g/mol. The molecule has 1 atom stereocenters. The summed E-state index contributed by atoms with van der Waals surface area (Å²) in [4.78, 5) is 19.9. The van der Waals surface area contributed by atoms with Crippen LogP contribution in [-0.2, 0) is 11.2 Å². The SMILES string of the molecule is Cc1ccc(/C=C/C(=O)N2CCc3sccc3[C@@H]2c2cccs2)s1. The molecule has 0 radical (unpaired) electrons. The van der Waals surface area contributed by atoms with E-state index in [0.717, 1.165) is 17.8 Å². The van der Waals surface area contributed by atoms with Gasteiger partial charge < -0.3 is 4.90 Å². The van der Waals surface area contributed by atoms with Crippen LogP contribution in [0.5, 0.6) is 0 Å². The van der Waals surface area contributed by atoms with Gasteiger partial charge in [0.25, 0.3) is 0 Å². The highest BCUT2D eigenvalue weighted by Gasteiger charge is 2.32. The van der Waals surface area contributed by atoms with Crippen LogP contribution in [0.1, 0.15) is 31.1 Å². The van der Waals surface area contributed by atoms with Gasteiger partial charge in [0.05, 0.1) is 6.04 Å². The maximum atomic E-state index is 12.9. The molecule has 0 bridgehead atoms. The number of carbonyl (C=O) groups excluding carboxylic acids is 1. The Morgan fingerprint density at radius 1 is 1.21 bits per heavy atom. The van der Waals surface area contributed by atoms with Crippen molar-refractivity contribution in [3.05, 3.63) is 72.2 Å². The molecule has 4 rings (SSSR count). The summed E-state index contributed by atoms with van der Waals surface area (Å²) in [6.45, 7) is 2.86. The second-order valence-electron chi connectivity index (χ2n) is 5.78.